The number of rotatable bonds is 1. The van der Waals surface area contributed by atoms with Gasteiger partial charge in [-0.1, -0.05) is 0 Å². The first-order valence-electron chi connectivity index (χ1n) is 4.53. The first-order chi connectivity index (χ1) is 6.59. The van der Waals surface area contributed by atoms with E-state index in [-0.39, 0.29) is 5.78 Å². The van der Waals surface area contributed by atoms with Crippen molar-refractivity contribution in [1.29, 1.82) is 0 Å². The normalized spacial score (nSPS) is 10.8. The van der Waals surface area contributed by atoms with E-state index in [1.807, 2.05) is 36.7 Å². The van der Waals surface area contributed by atoms with Crippen molar-refractivity contribution >= 4 is 16.8 Å². The molecule has 0 aliphatic rings. The lowest BCUT2D eigenvalue weighted by Gasteiger charge is -1.97. The molecule has 72 valence electrons. The smallest absolute Gasteiger partial charge is 0.159 e. The second kappa shape index (κ2) is 2.94. The van der Waals surface area contributed by atoms with E-state index in [1.54, 1.807) is 6.92 Å². The minimum atomic E-state index is 0.0789. The average Bonchev–Trinajstić information content (AvgIpc) is 2.42. The van der Waals surface area contributed by atoms with E-state index in [4.69, 9.17) is 0 Å². The van der Waals surface area contributed by atoms with E-state index >= 15 is 0 Å². The molecule has 0 aliphatic heterocycles. The molecule has 14 heavy (non-hydrogen) atoms. The standard InChI is InChI=1S/C11H12N2O/c1-7(14)9-4-5-11-10(6-9)12-8(2)13(11)3/h4-6H,1-3H3. The van der Waals surface area contributed by atoms with Crippen LogP contribution >= 0.6 is 0 Å². The summed E-state index contributed by atoms with van der Waals surface area (Å²) in [7, 11) is 1.97. The van der Waals surface area contributed by atoms with Crippen LogP contribution in [0.2, 0.25) is 0 Å². The molecule has 0 saturated heterocycles. The molecule has 3 nitrogen and oxygen atoms in total. The molecule has 2 rings (SSSR count). The number of aromatic nitrogens is 2. The summed E-state index contributed by atoms with van der Waals surface area (Å²) in [5.41, 5.74) is 2.67. The van der Waals surface area contributed by atoms with Crippen molar-refractivity contribution in [2.75, 3.05) is 0 Å². The van der Waals surface area contributed by atoms with Gasteiger partial charge in [0.05, 0.1) is 11.0 Å². The monoisotopic (exact) mass is 188 g/mol. The molecular weight excluding hydrogens is 176 g/mol. The third-order valence-electron chi connectivity index (χ3n) is 2.51. The minimum absolute atomic E-state index is 0.0789. The highest BCUT2D eigenvalue weighted by Gasteiger charge is 2.06. The number of carbonyl (C=O) groups excluding carboxylic acids is 1. The van der Waals surface area contributed by atoms with Gasteiger partial charge in [-0.25, -0.2) is 4.98 Å². The lowest BCUT2D eigenvalue weighted by atomic mass is 10.1. The molecule has 0 spiro atoms. The predicted octanol–water partition coefficient (Wildman–Crippen LogP) is 2.08. The highest BCUT2D eigenvalue weighted by Crippen LogP contribution is 2.16. The number of fused-ring (bicyclic) bond motifs is 1. The first-order valence-corrected chi connectivity index (χ1v) is 4.53. The Bertz CT molecular complexity index is 511. The Morgan fingerprint density at radius 3 is 2.79 bits per heavy atom. The van der Waals surface area contributed by atoms with Crippen LogP contribution in [0.1, 0.15) is 23.1 Å². The summed E-state index contributed by atoms with van der Waals surface area (Å²) >= 11 is 0. The van der Waals surface area contributed by atoms with E-state index in [2.05, 4.69) is 4.98 Å². The van der Waals surface area contributed by atoms with Crippen LogP contribution in [0.4, 0.5) is 0 Å². The number of nitrogens with zero attached hydrogens (tertiary/aromatic N) is 2. The molecular formula is C11H12N2O. The first kappa shape index (κ1) is 8.94. The Morgan fingerprint density at radius 2 is 2.14 bits per heavy atom. The van der Waals surface area contributed by atoms with Gasteiger partial charge in [0.25, 0.3) is 0 Å². The molecule has 0 bridgehead atoms. The Hall–Kier alpha value is -1.64. The quantitative estimate of drug-likeness (QED) is 0.642. The third-order valence-corrected chi connectivity index (χ3v) is 2.51. The SMILES string of the molecule is CC(=O)c1ccc2c(c1)nc(C)n2C. The maximum Gasteiger partial charge on any atom is 0.159 e. The van der Waals surface area contributed by atoms with E-state index in [1.165, 1.54) is 0 Å². The van der Waals surface area contributed by atoms with Crippen LogP contribution < -0.4 is 0 Å². The molecule has 3 heteroatoms. The van der Waals surface area contributed by atoms with Gasteiger partial charge < -0.3 is 4.57 Å². The van der Waals surface area contributed by atoms with E-state index in [0.717, 1.165) is 22.4 Å². The van der Waals surface area contributed by atoms with Gasteiger partial charge >= 0.3 is 0 Å². The van der Waals surface area contributed by atoms with Crippen LogP contribution in [-0.2, 0) is 7.05 Å². The Labute approximate surface area is 82.4 Å². The zero-order chi connectivity index (χ0) is 10.3. The highest BCUT2D eigenvalue weighted by atomic mass is 16.1. The van der Waals surface area contributed by atoms with Crippen LogP contribution in [0.3, 0.4) is 0 Å². The summed E-state index contributed by atoms with van der Waals surface area (Å²) in [5, 5.41) is 0. The fourth-order valence-electron chi connectivity index (χ4n) is 1.54. The van der Waals surface area contributed by atoms with Crippen LogP contribution in [0, 0.1) is 6.92 Å². The van der Waals surface area contributed by atoms with Gasteiger partial charge in [0.2, 0.25) is 0 Å². The van der Waals surface area contributed by atoms with Crippen molar-refractivity contribution in [3.05, 3.63) is 29.6 Å². The molecule has 0 atom stereocenters. The second-order valence-corrected chi connectivity index (χ2v) is 3.48. The Kier molecular flexibility index (Phi) is 1.88. The number of hydrogen-bond acceptors (Lipinski definition) is 2. The summed E-state index contributed by atoms with van der Waals surface area (Å²) in [4.78, 5) is 15.5. The number of carbonyl (C=O) groups is 1. The van der Waals surface area contributed by atoms with Gasteiger partial charge in [0.15, 0.2) is 5.78 Å². The molecule has 0 amide bonds. The van der Waals surface area contributed by atoms with Gasteiger partial charge in [-0.2, -0.15) is 0 Å². The Balaban J connectivity index is 2.73. The van der Waals surface area contributed by atoms with Gasteiger partial charge in [-0.15, -0.1) is 0 Å². The molecule has 0 aliphatic carbocycles. The summed E-state index contributed by atoms with van der Waals surface area (Å²) in [6.07, 6.45) is 0. The van der Waals surface area contributed by atoms with Crippen LogP contribution in [0.25, 0.3) is 11.0 Å². The highest BCUT2D eigenvalue weighted by molar-refractivity contribution is 5.97. The number of imidazole rings is 1. The molecule has 0 radical (unpaired) electrons. The van der Waals surface area contributed by atoms with E-state index in [9.17, 15) is 4.79 Å². The Morgan fingerprint density at radius 1 is 1.43 bits per heavy atom. The van der Waals surface area contributed by atoms with E-state index in [0.29, 0.717) is 0 Å². The largest absolute Gasteiger partial charge is 0.331 e. The average molecular weight is 188 g/mol. The third kappa shape index (κ3) is 1.21. The van der Waals surface area contributed by atoms with Crippen LogP contribution in [-0.4, -0.2) is 15.3 Å². The predicted molar refractivity (Wildman–Crippen MR) is 55.5 cm³/mol. The van der Waals surface area contributed by atoms with Crippen LogP contribution in [0.15, 0.2) is 18.2 Å². The van der Waals surface area contributed by atoms with Crippen molar-refractivity contribution in [3.63, 3.8) is 0 Å². The lowest BCUT2D eigenvalue weighted by molar-refractivity contribution is 0.101. The van der Waals surface area contributed by atoms with Gasteiger partial charge in [0.1, 0.15) is 5.82 Å². The molecule has 2 aromatic rings. The van der Waals surface area contributed by atoms with Gasteiger partial charge in [0, 0.05) is 12.6 Å². The number of aryl methyl sites for hydroxylation is 2. The molecule has 1 aromatic carbocycles. The fourth-order valence-corrected chi connectivity index (χ4v) is 1.54. The summed E-state index contributed by atoms with van der Waals surface area (Å²) in [5.74, 6) is 1.04. The van der Waals surface area contributed by atoms with Crippen molar-refractivity contribution in [2.45, 2.75) is 13.8 Å². The lowest BCUT2D eigenvalue weighted by Crippen LogP contribution is -1.92. The van der Waals surface area contributed by atoms with Gasteiger partial charge in [-0.3, -0.25) is 4.79 Å². The van der Waals surface area contributed by atoms with Crippen molar-refractivity contribution in [3.8, 4) is 0 Å². The van der Waals surface area contributed by atoms with Gasteiger partial charge in [-0.05, 0) is 32.0 Å². The second-order valence-electron chi connectivity index (χ2n) is 3.48. The van der Waals surface area contributed by atoms with Crippen molar-refractivity contribution in [2.24, 2.45) is 7.05 Å². The molecule has 0 unspecified atom stereocenters. The maximum atomic E-state index is 11.1. The number of ketones is 1. The van der Waals surface area contributed by atoms with Crippen LogP contribution in [0.5, 0.6) is 0 Å². The summed E-state index contributed by atoms with van der Waals surface area (Å²) < 4.78 is 2.01. The molecule has 0 saturated carbocycles. The topological polar surface area (TPSA) is 34.9 Å². The summed E-state index contributed by atoms with van der Waals surface area (Å²) in [6.45, 7) is 3.52. The zero-order valence-electron chi connectivity index (χ0n) is 8.53. The minimum Gasteiger partial charge on any atom is -0.331 e. The van der Waals surface area contributed by atoms with Crippen molar-refractivity contribution < 1.29 is 4.79 Å². The summed E-state index contributed by atoms with van der Waals surface area (Å²) in [6, 6.07) is 5.61. The zero-order valence-corrected chi connectivity index (χ0v) is 8.53. The number of hydrogen-bond donors (Lipinski definition) is 0. The number of benzene rings is 1. The molecule has 0 N–H and O–H groups in total. The molecule has 0 fully saturated rings. The van der Waals surface area contributed by atoms with Crippen molar-refractivity contribution in [1.82, 2.24) is 9.55 Å². The van der Waals surface area contributed by atoms with E-state index < -0.39 is 0 Å². The number of Topliss-reactive ketones (excluding diaryl/α,β-unsaturated/α-hetero) is 1. The fraction of sp³-hybridized carbons (Fsp3) is 0.273. The molecule has 1 heterocycles. The molecule has 1 aromatic heterocycles. The maximum absolute atomic E-state index is 11.1.